The van der Waals surface area contributed by atoms with Gasteiger partial charge in [0.15, 0.2) is 0 Å². The van der Waals surface area contributed by atoms with E-state index in [4.69, 9.17) is 11.6 Å². The van der Waals surface area contributed by atoms with Crippen molar-refractivity contribution in [3.8, 4) is 0 Å². The van der Waals surface area contributed by atoms with Crippen molar-refractivity contribution in [1.82, 2.24) is 8.61 Å². The first-order valence-corrected chi connectivity index (χ1v) is 10.5. The maximum Gasteiger partial charge on any atom is 0.417 e. The van der Waals surface area contributed by atoms with Gasteiger partial charge in [-0.1, -0.05) is 25.4 Å². The van der Waals surface area contributed by atoms with Crippen LogP contribution in [0.4, 0.5) is 18.9 Å². The van der Waals surface area contributed by atoms with E-state index in [9.17, 15) is 26.4 Å². The number of piperidine rings is 1. The highest BCUT2D eigenvalue weighted by Crippen LogP contribution is 2.36. The van der Waals surface area contributed by atoms with Gasteiger partial charge in [0.2, 0.25) is 5.91 Å². The Labute approximate surface area is 167 Å². The van der Waals surface area contributed by atoms with Crippen molar-refractivity contribution in [2.24, 2.45) is 11.8 Å². The lowest BCUT2D eigenvalue weighted by atomic mass is 9.94. The first-order valence-electron chi connectivity index (χ1n) is 8.68. The molecule has 0 saturated carbocycles. The van der Waals surface area contributed by atoms with Crippen molar-refractivity contribution in [3.63, 3.8) is 0 Å². The van der Waals surface area contributed by atoms with Gasteiger partial charge >= 0.3 is 6.18 Å². The Hall–Kier alpha value is -1.36. The lowest BCUT2D eigenvalue weighted by molar-refractivity contribution is -0.137. The van der Waals surface area contributed by atoms with Crippen LogP contribution >= 0.6 is 11.6 Å². The van der Waals surface area contributed by atoms with E-state index in [0.29, 0.717) is 19.2 Å². The van der Waals surface area contributed by atoms with Gasteiger partial charge in [0, 0.05) is 25.8 Å². The molecule has 6 nitrogen and oxygen atoms in total. The molecule has 1 aromatic rings. The van der Waals surface area contributed by atoms with Gasteiger partial charge in [0.25, 0.3) is 10.2 Å². The molecule has 0 spiro atoms. The number of benzene rings is 1. The van der Waals surface area contributed by atoms with Crippen LogP contribution < -0.4 is 5.32 Å². The third-order valence-corrected chi connectivity index (χ3v) is 6.67. The van der Waals surface area contributed by atoms with E-state index in [0.717, 1.165) is 16.8 Å². The summed E-state index contributed by atoms with van der Waals surface area (Å²) in [5, 5.41) is 1.80. The summed E-state index contributed by atoms with van der Waals surface area (Å²) in [5.41, 5.74) is -1.20. The van der Waals surface area contributed by atoms with Crippen LogP contribution in [0, 0.1) is 11.8 Å². The molecular weight excluding hydrogens is 419 g/mol. The average Bonchev–Trinajstić information content (AvgIpc) is 2.54. The summed E-state index contributed by atoms with van der Waals surface area (Å²) in [6.45, 7) is 4.13. The van der Waals surface area contributed by atoms with Gasteiger partial charge in [-0.05, 0) is 36.5 Å². The molecule has 0 aliphatic carbocycles. The molecule has 1 heterocycles. The number of halogens is 4. The van der Waals surface area contributed by atoms with Crippen LogP contribution in [-0.2, 0) is 21.2 Å². The summed E-state index contributed by atoms with van der Waals surface area (Å²) in [6.07, 6.45) is -3.74. The molecule has 158 valence electrons. The Morgan fingerprint density at radius 3 is 2.39 bits per heavy atom. The molecule has 1 saturated heterocycles. The van der Waals surface area contributed by atoms with E-state index < -0.39 is 39.4 Å². The molecule has 1 fully saturated rings. The fraction of sp³-hybridized carbons (Fsp3) is 0.588. The number of hydrogen-bond donors (Lipinski definition) is 1. The quantitative estimate of drug-likeness (QED) is 0.760. The number of nitrogens with one attached hydrogen (secondary N) is 1. The second kappa shape index (κ2) is 8.56. The predicted molar refractivity (Wildman–Crippen MR) is 101 cm³/mol. The van der Waals surface area contributed by atoms with Crippen molar-refractivity contribution < 1.29 is 26.4 Å². The highest BCUT2D eigenvalue weighted by Gasteiger charge is 2.35. The molecule has 2 rings (SSSR count). The second-order valence-corrected chi connectivity index (χ2v) is 9.71. The normalized spacial score (nSPS) is 21.7. The summed E-state index contributed by atoms with van der Waals surface area (Å²) in [7, 11) is -2.58. The Morgan fingerprint density at radius 1 is 1.29 bits per heavy atom. The van der Waals surface area contributed by atoms with E-state index in [-0.39, 0.29) is 17.5 Å². The summed E-state index contributed by atoms with van der Waals surface area (Å²) in [5.74, 6) is -0.342. The van der Waals surface area contributed by atoms with Crippen molar-refractivity contribution in [2.45, 2.75) is 26.4 Å². The van der Waals surface area contributed by atoms with E-state index in [1.54, 1.807) is 0 Å². The molecule has 0 bridgehead atoms. The van der Waals surface area contributed by atoms with Crippen LogP contribution in [-0.4, -0.2) is 49.6 Å². The number of nitrogens with zero attached hydrogens (tertiary/aromatic N) is 2. The number of hydrogen-bond acceptors (Lipinski definition) is 3. The van der Waals surface area contributed by atoms with Gasteiger partial charge in [-0.15, -0.1) is 0 Å². The zero-order valence-electron chi connectivity index (χ0n) is 15.8. The minimum atomic E-state index is -4.67. The molecule has 2 unspecified atom stereocenters. The zero-order valence-corrected chi connectivity index (χ0v) is 17.3. The van der Waals surface area contributed by atoms with Crippen molar-refractivity contribution in [3.05, 3.63) is 28.8 Å². The van der Waals surface area contributed by atoms with Crippen LogP contribution in [0.25, 0.3) is 0 Å². The van der Waals surface area contributed by atoms with Gasteiger partial charge in [0.1, 0.15) is 0 Å². The minimum Gasteiger partial charge on any atom is -0.325 e. The fourth-order valence-corrected chi connectivity index (χ4v) is 5.08. The van der Waals surface area contributed by atoms with Crippen molar-refractivity contribution >= 4 is 33.4 Å². The Bertz CT molecular complexity index is 823. The number of anilines is 1. The van der Waals surface area contributed by atoms with Crippen LogP contribution in [0.1, 0.15) is 25.8 Å². The summed E-state index contributed by atoms with van der Waals surface area (Å²) in [6, 6.07) is 2.96. The predicted octanol–water partition coefficient (Wildman–Crippen LogP) is 3.45. The van der Waals surface area contributed by atoms with Crippen molar-refractivity contribution in [2.75, 3.05) is 32.0 Å². The summed E-state index contributed by atoms with van der Waals surface area (Å²) < 4.78 is 66.4. The minimum absolute atomic E-state index is 0.118. The molecule has 0 aromatic heterocycles. The third-order valence-electron chi connectivity index (χ3n) is 4.48. The van der Waals surface area contributed by atoms with Crippen molar-refractivity contribution in [1.29, 1.82) is 0 Å². The Morgan fingerprint density at radius 2 is 1.86 bits per heavy atom. The standard InChI is InChI=1S/C17H23ClF3N3O3S/c1-11-6-12(2)9-24(8-11)28(26,27)23(3)10-16(25)22-13-4-5-15(18)14(7-13)17(19,20)21/h4-5,7,11-12H,6,8-10H2,1-3H3,(H,22,25). The number of rotatable bonds is 5. The number of carbonyl (C=O) groups excluding carboxylic acids is 1. The number of amides is 1. The smallest absolute Gasteiger partial charge is 0.325 e. The molecular formula is C17H23ClF3N3O3S. The van der Waals surface area contributed by atoms with Crippen LogP contribution in [0.2, 0.25) is 5.02 Å². The molecule has 1 N–H and O–H groups in total. The van der Waals surface area contributed by atoms with Crippen LogP contribution in [0.15, 0.2) is 18.2 Å². The zero-order chi connectivity index (χ0) is 21.3. The molecule has 1 aliphatic rings. The topological polar surface area (TPSA) is 69.7 Å². The lowest BCUT2D eigenvalue weighted by Crippen LogP contribution is -2.49. The number of alkyl halides is 3. The van der Waals surface area contributed by atoms with E-state index in [2.05, 4.69) is 5.32 Å². The first-order chi connectivity index (χ1) is 12.8. The molecule has 28 heavy (non-hydrogen) atoms. The first kappa shape index (κ1) is 22.9. The number of likely N-dealkylation sites (N-methyl/N-ethyl adjacent to an activating group) is 1. The van der Waals surface area contributed by atoms with Crippen LogP contribution in [0.5, 0.6) is 0 Å². The molecule has 1 aliphatic heterocycles. The molecule has 2 atom stereocenters. The summed E-state index contributed by atoms with van der Waals surface area (Å²) in [4.78, 5) is 12.2. The molecule has 1 amide bonds. The van der Waals surface area contributed by atoms with Crippen LogP contribution in [0.3, 0.4) is 0 Å². The maximum atomic E-state index is 12.9. The SMILES string of the molecule is CC1CC(C)CN(S(=O)(=O)N(C)CC(=O)Nc2ccc(Cl)c(C(F)(F)F)c2)C1. The third kappa shape index (κ3) is 5.59. The summed E-state index contributed by atoms with van der Waals surface area (Å²) >= 11 is 5.55. The fourth-order valence-electron chi connectivity index (χ4n) is 3.30. The highest BCUT2D eigenvalue weighted by atomic mass is 35.5. The largest absolute Gasteiger partial charge is 0.417 e. The number of carbonyl (C=O) groups is 1. The van der Waals surface area contributed by atoms with Gasteiger partial charge in [-0.2, -0.15) is 30.2 Å². The van der Waals surface area contributed by atoms with E-state index in [1.165, 1.54) is 17.4 Å². The van der Waals surface area contributed by atoms with Gasteiger partial charge in [0.05, 0.1) is 17.1 Å². The van der Waals surface area contributed by atoms with Gasteiger partial charge < -0.3 is 5.32 Å². The molecule has 1 aromatic carbocycles. The maximum absolute atomic E-state index is 12.9. The Kier molecular flexibility index (Phi) is 7.01. The second-order valence-electron chi connectivity index (χ2n) is 7.27. The molecule has 0 radical (unpaired) electrons. The van der Waals surface area contributed by atoms with E-state index >= 15 is 0 Å². The highest BCUT2D eigenvalue weighted by molar-refractivity contribution is 7.86. The lowest BCUT2D eigenvalue weighted by Gasteiger charge is -2.36. The van der Waals surface area contributed by atoms with E-state index in [1.807, 2.05) is 13.8 Å². The molecule has 11 heteroatoms. The van der Waals surface area contributed by atoms with Gasteiger partial charge in [-0.25, -0.2) is 0 Å². The van der Waals surface area contributed by atoms with Gasteiger partial charge in [-0.3, -0.25) is 4.79 Å². The average molecular weight is 442 g/mol. The monoisotopic (exact) mass is 441 g/mol. The Balaban J connectivity index is 2.06.